The molecular weight excluding hydrogens is 300 g/mol. The third-order valence-corrected chi connectivity index (χ3v) is 3.27. The Kier molecular flexibility index (Phi) is 8.04. The molecule has 0 aliphatic heterocycles. The number of carbonyl (C=O) groups excluding carboxylic acids is 1. The highest BCUT2D eigenvalue weighted by Crippen LogP contribution is 2.20. The minimum absolute atomic E-state index is 0. The molecule has 0 bridgehead atoms. The van der Waals surface area contributed by atoms with Crippen molar-refractivity contribution in [1.29, 1.82) is 0 Å². The summed E-state index contributed by atoms with van der Waals surface area (Å²) in [7, 11) is 1.84. The normalized spacial score (nSPS) is 9.47. The van der Waals surface area contributed by atoms with Crippen LogP contribution in [0.5, 0.6) is 0 Å². The van der Waals surface area contributed by atoms with Gasteiger partial charge in [0.05, 0.1) is 3.79 Å². The first kappa shape index (κ1) is 14.9. The Morgan fingerprint density at radius 3 is 2.87 bits per heavy atom. The van der Waals surface area contributed by atoms with Gasteiger partial charge in [-0.1, -0.05) is 0 Å². The molecule has 3 nitrogen and oxygen atoms in total. The third-order valence-electron chi connectivity index (χ3n) is 1.71. The molecule has 0 saturated carbocycles. The number of thiophene rings is 1. The summed E-state index contributed by atoms with van der Waals surface area (Å²) in [4.78, 5) is 11.2. The van der Waals surface area contributed by atoms with Crippen LogP contribution < -0.4 is 10.6 Å². The number of carbonyl (C=O) groups is 1. The van der Waals surface area contributed by atoms with Crippen molar-refractivity contribution < 1.29 is 4.79 Å². The van der Waals surface area contributed by atoms with Crippen LogP contribution in [0.2, 0.25) is 0 Å². The summed E-state index contributed by atoms with van der Waals surface area (Å²) in [6.07, 6.45) is 0.530. The van der Waals surface area contributed by atoms with Crippen molar-refractivity contribution >= 4 is 45.6 Å². The van der Waals surface area contributed by atoms with Crippen LogP contribution in [0.1, 0.15) is 12.0 Å². The van der Waals surface area contributed by atoms with E-state index in [9.17, 15) is 4.79 Å². The summed E-state index contributed by atoms with van der Waals surface area (Å²) in [6, 6.07) is 2.02. The van der Waals surface area contributed by atoms with Crippen LogP contribution in [-0.2, 0) is 11.3 Å². The second-order valence-corrected chi connectivity index (χ2v) is 5.18. The molecule has 0 fully saturated rings. The Balaban J connectivity index is 0.00000196. The fraction of sp³-hybridized carbons (Fsp3) is 0.444. The van der Waals surface area contributed by atoms with Crippen LogP contribution in [0, 0.1) is 0 Å². The molecule has 0 atom stereocenters. The predicted molar refractivity (Wildman–Crippen MR) is 69.7 cm³/mol. The highest BCUT2D eigenvalue weighted by molar-refractivity contribution is 9.11. The predicted octanol–water partition coefficient (Wildman–Crippen LogP) is 2.16. The second-order valence-electron chi connectivity index (χ2n) is 2.89. The number of rotatable bonds is 5. The van der Waals surface area contributed by atoms with Gasteiger partial charge in [0.1, 0.15) is 0 Å². The molecule has 1 aromatic rings. The van der Waals surface area contributed by atoms with Gasteiger partial charge in [0.2, 0.25) is 5.91 Å². The maximum Gasteiger partial charge on any atom is 0.221 e. The molecule has 15 heavy (non-hydrogen) atoms. The standard InChI is InChI=1S/C9H13BrN2OS.ClH/c1-11-3-2-9(13)12-5-7-4-8(10)14-6-7;/h4,6,11H,2-3,5H2,1H3,(H,12,13);1H. The Morgan fingerprint density at radius 1 is 1.60 bits per heavy atom. The van der Waals surface area contributed by atoms with Crippen LogP contribution in [0.25, 0.3) is 0 Å². The van der Waals surface area contributed by atoms with E-state index < -0.39 is 0 Å². The fourth-order valence-corrected chi connectivity index (χ4v) is 2.18. The molecule has 6 heteroatoms. The lowest BCUT2D eigenvalue weighted by Crippen LogP contribution is -2.25. The molecule has 86 valence electrons. The molecule has 0 saturated heterocycles. The first-order valence-electron chi connectivity index (χ1n) is 4.36. The van der Waals surface area contributed by atoms with E-state index in [-0.39, 0.29) is 18.3 Å². The Labute approximate surface area is 108 Å². The van der Waals surface area contributed by atoms with Gasteiger partial charge in [-0.3, -0.25) is 4.79 Å². The largest absolute Gasteiger partial charge is 0.352 e. The van der Waals surface area contributed by atoms with E-state index in [4.69, 9.17) is 0 Å². The molecule has 2 N–H and O–H groups in total. The van der Waals surface area contributed by atoms with Crippen molar-refractivity contribution in [3.05, 3.63) is 20.8 Å². The zero-order chi connectivity index (χ0) is 10.4. The highest BCUT2D eigenvalue weighted by Gasteiger charge is 2.01. The zero-order valence-electron chi connectivity index (χ0n) is 8.38. The van der Waals surface area contributed by atoms with E-state index >= 15 is 0 Å². The molecule has 1 rings (SSSR count). The highest BCUT2D eigenvalue weighted by atomic mass is 79.9. The van der Waals surface area contributed by atoms with Crippen molar-refractivity contribution in [2.75, 3.05) is 13.6 Å². The molecule has 1 amide bonds. The summed E-state index contributed by atoms with van der Waals surface area (Å²) in [5.41, 5.74) is 1.14. The van der Waals surface area contributed by atoms with Gasteiger partial charge >= 0.3 is 0 Å². The molecule has 0 spiro atoms. The lowest BCUT2D eigenvalue weighted by molar-refractivity contribution is -0.121. The van der Waals surface area contributed by atoms with Crippen LogP contribution in [0.4, 0.5) is 0 Å². The molecule has 0 aliphatic carbocycles. The van der Waals surface area contributed by atoms with E-state index in [1.165, 1.54) is 0 Å². The third kappa shape index (κ3) is 6.14. The lowest BCUT2D eigenvalue weighted by atomic mass is 10.3. The number of hydrogen-bond donors (Lipinski definition) is 2. The molecule has 1 heterocycles. The topological polar surface area (TPSA) is 41.1 Å². The Bertz CT molecular complexity index is 306. The summed E-state index contributed by atoms with van der Waals surface area (Å²) in [6.45, 7) is 1.34. The van der Waals surface area contributed by atoms with E-state index in [2.05, 4.69) is 26.6 Å². The second kappa shape index (κ2) is 8.10. The van der Waals surface area contributed by atoms with Gasteiger partial charge in [-0.25, -0.2) is 0 Å². The van der Waals surface area contributed by atoms with Crippen molar-refractivity contribution in [2.24, 2.45) is 0 Å². The average Bonchev–Trinajstić information content (AvgIpc) is 2.58. The number of nitrogens with one attached hydrogen (secondary N) is 2. The SMILES string of the molecule is CNCCC(=O)NCc1csc(Br)c1.Cl. The van der Waals surface area contributed by atoms with Crippen molar-refractivity contribution in [1.82, 2.24) is 10.6 Å². The van der Waals surface area contributed by atoms with E-state index in [0.717, 1.165) is 15.9 Å². The first-order chi connectivity index (χ1) is 6.72. The van der Waals surface area contributed by atoms with E-state index in [1.54, 1.807) is 11.3 Å². The minimum Gasteiger partial charge on any atom is -0.352 e. The maximum atomic E-state index is 11.2. The minimum atomic E-state index is 0. The molecule has 0 aliphatic rings. The van der Waals surface area contributed by atoms with Crippen LogP contribution in [0.3, 0.4) is 0 Å². The number of amides is 1. The van der Waals surface area contributed by atoms with Crippen molar-refractivity contribution in [2.45, 2.75) is 13.0 Å². The maximum absolute atomic E-state index is 11.2. The van der Waals surface area contributed by atoms with Crippen molar-refractivity contribution in [3.8, 4) is 0 Å². The summed E-state index contributed by atoms with van der Waals surface area (Å²) >= 11 is 5.00. The average molecular weight is 314 g/mol. The monoisotopic (exact) mass is 312 g/mol. The van der Waals surface area contributed by atoms with Gasteiger partial charge in [-0.15, -0.1) is 23.7 Å². The first-order valence-corrected chi connectivity index (χ1v) is 6.04. The lowest BCUT2D eigenvalue weighted by Gasteiger charge is -2.02. The summed E-state index contributed by atoms with van der Waals surface area (Å²) < 4.78 is 1.09. The molecule has 0 radical (unpaired) electrons. The van der Waals surface area contributed by atoms with Crippen molar-refractivity contribution in [3.63, 3.8) is 0 Å². The zero-order valence-corrected chi connectivity index (χ0v) is 11.6. The smallest absolute Gasteiger partial charge is 0.221 e. The van der Waals surface area contributed by atoms with Gasteiger partial charge < -0.3 is 10.6 Å². The molecule has 1 aromatic heterocycles. The molecular formula is C9H14BrClN2OS. The van der Waals surface area contributed by atoms with Gasteiger partial charge in [0.25, 0.3) is 0 Å². The number of halogens is 2. The Morgan fingerprint density at radius 2 is 2.33 bits per heavy atom. The van der Waals surface area contributed by atoms with Crippen LogP contribution in [-0.4, -0.2) is 19.5 Å². The van der Waals surface area contributed by atoms with Crippen LogP contribution >= 0.6 is 39.7 Å². The summed E-state index contributed by atoms with van der Waals surface area (Å²) in [5.74, 6) is 0.0849. The van der Waals surface area contributed by atoms with E-state index in [1.807, 2.05) is 18.5 Å². The fourth-order valence-electron chi connectivity index (χ4n) is 0.966. The summed E-state index contributed by atoms with van der Waals surface area (Å²) in [5, 5.41) is 7.82. The van der Waals surface area contributed by atoms with Crippen LogP contribution in [0.15, 0.2) is 15.2 Å². The van der Waals surface area contributed by atoms with Gasteiger partial charge in [-0.05, 0) is 40.0 Å². The van der Waals surface area contributed by atoms with Gasteiger partial charge in [0.15, 0.2) is 0 Å². The van der Waals surface area contributed by atoms with E-state index in [0.29, 0.717) is 13.0 Å². The number of hydrogen-bond acceptors (Lipinski definition) is 3. The Hall–Kier alpha value is -0.100. The molecule has 0 aromatic carbocycles. The molecule has 0 unspecified atom stereocenters. The quantitative estimate of drug-likeness (QED) is 0.874. The van der Waals surface area contributed by atoms with Gasteiger partial charge in [0, 0.05) is 19.5 Å². The van der Waals surface area contributed by atoms with Gasteiger partial charge in [-0.2, -0.15) is 0 Å².